The molecule has 1 aliphatic carbocycles. The van der Waals surface area contributed by atoms with Crippen molar-refractivity contribution in [2.45, 2.75) is 24.2 Å². The Bertz CT molecular complexity index is 1020. The second-order valence-electron chi connectivity index (χ2n) is 7.60. The zero-order valence-corrected chi connectivity index (χ0v) is 18.4. The fraction of sp³-hybridized carbons (Fsp3) is 0.409. The lowest BCUT2D eigenvalue weighted by Crippen LogP contribution is -2.51. The van der Waals surface area contributed by atoms with Gasteiger partial charge in [0, 0.05) is 37.1 Å². The van der Waals surface area contributed by atoms with E-state index in [2.05, 4.69) is 0 Å². The number of sulfonamides is 1. The lowest BCUT2D eigenvalue weighted by molar-refractivity contribution is -0.133. The third kappa shape index (κ3) is 4.19. The Labute approximate surface area is 182 Å². The molecule has 2 aromatic rings. The van der Waals surface area contributed by atoms with Gasteiger partial charge in [-0.25, -0.2) is 8.42 Å². The van der Waals surface area contributed by atoms with Crippen molar-refractivity contribution in [3.63, 3.8) is 0 Å². The zero-order valence-electron chi connectivity index (χ0n) is 16.8. The minimum atomic E-state index is -3.58. The van der Waals surface area contributed by atoms with Gasteiger partial charge in [-0.05, 0) is 55.2 Å². The van der Waals surface area contributed by atoms with E-state index in [0.717, 1.165) is 12.0 Å². The van der Waals surface area contributed by atoms with Crippen molar-refractivity contribution < 1.29 is 17.9 Å². The fourth-order valence-electron chi connectivity index (χ4n) is 3.99. The van der Waals surface area contributed by atoms with Crippen LogP contribution in [0.4, 0.5) is 0 Å². The summed E-state index contributed by atoms with van der Waals surface area (Å²) in [6.45, 7) is 3.81. The number of nitrogens with zero attached hydrogens (tertiary/aromatic N) is 2. The lowest BCUT2D eigenvalue weighted by atomic mass is 10.1. The fourth-order valence-corrected chi connectivity index (χ4v) is 5.69. The molecule has 30 heavy (non-hydrogen) atoms. The number of hydrogen-bond acceptors (Lipinski definition) is 4. The highest BCUT2D eigenvalue weighted by atomic mass is 35.5. The molecule has 2 atom stereocenters. The van der Waals surface area contributed by atoms with E-state index < -0.39 is 10.0 Å². The van der Waals surface area contributed by atoms with E-state index in [1.54, 1.807) is 29.2 Å². The number of carbonyl (C=O) groups is 1. The Morgan fingerprint density at radius 3 is 2.37 bits per heavy atom. The van der Waals surface area contributed by atoms with Gasteiger partial charge in [0.1, 0.15) is 5.75 Å². The van der Waals surface area contributed by atoms with Crippen molar-refractivity contribution in [3.8, 4) is 5.75 Å². The molecule has 0 aromatic heterocycles. The summed E-state index contributed by atoms with van der Waals surface area (Å²) in [4.78, 5) is 14.9. The standard InChI is InChI=1S/C22H25ClN2O4S/c1-2-29-16-7-9-17(10-8-16)30(27,28)25-13-11-24(12-14-25)22(26)20-15-19(20)18-5-3-4-6-21(18)23/h3-10,19-20H,2,11-15H2,1H3. The van der Waals surface area contributed by atoms with Crippen molar-refractivity contribution >= 4 is 27.5 Å². The summed E-state index contributed by atoms with van der Waals surface area (Å²) in [6.07, 6.45) is 0.799. The van der Waals surface area contributed by atoms with Crippen LogP contribution in [0.3, 0.4) is 0 Å². The topological polar surface area (TPSA) is 66.9 Å². The maximum Gasteiger partial charge on any atom is 0.243 e. The Kier molecular flexibility index (Phi) is 6.04. The average Bonchev–Trinajstić information content (AvgIpc) is 3.55. The van der Waals surface area contributed by atoms with Gasteiger partial charge in [-0.3, -0.25) is 4.79 Å². The zero-order chi connectivity index (χ0) is 21.3. The predicted molar refractivity (Wildman–Crippen MR) is 115 cm³/mol. The monoisotopic (exact) mass is 448 g/mol. The number of benzene rings is 2. The first-order chi connectivity index (χ1) is 14.4. The molecule has 2 aliphatic rings. The number of carbonyl (C=O) groups excluding carboxylic acids is 1. The van der Waals surface area contributed by atoms with Crippen molar-refractivity contribution in [2.75, 3.05) is 32.8 Å². The average molecular weight is 449 g/mol. The quantitative estimate of drug-likeness (QED) is 0.679. The van der Waals surface area contributed by atoms with Crippen LogP contribution >= 0.6 is 11.6 Å². The molecule has 1 aliphatic heterocycles. The largest absolute Gasteiger partial charge is 0.494 e. The number of halogens is 1. The molecule has 2 unspecified atom stereocenters. The highest BCUT2D eigenvalue weighted by Crippen LogP contribution is 2.50. The van der Waals surface area contributed by atoms with Crippen molar-refractivity contribution in [1.82, 2.24) is 9.21 Å². The molecule has 0 spiro atoms. The van der Waals surface area contributed by atoms with Crippen LogP contribution in [0.15, 0.2) is 53.4 Å². The molecule has 160 valence electrons. The van der Waals surface area contributed by atoms with Gasteiger partial charge >= 0.3 is 0 Å². The minimum absolute atomic E-state index is 0.0563. The Balaban J connectivity index is 1.35. The van der Waals surface area contributed by atoms with Crippen molar-refractivity contribution in [2.24, 2.45) is 5.92 Å². The first-order valence-electron chi connectivity index (χ1n) is 10.2. The molecule has 1 saturated carbocycles. The van der Waals surface area contributed by atoms with Gasteiger partial charge in [-0.1, -0.05) is 29.8 Å². The van der Waals surface area contributed by atoms with E-state index in [9.17, 15) is 13.2 Å². The molecule has 2 fully saturated rings. The van der Waals surface area contributed by atoms with Gasteiger partial charge in [0.05, 0.1) is 11.5 Å². The SMILES string of the molecule is CCOc1ccc(S(=O)(=O)N2CCN(C(=O)C3CC3c3ccccc3Cl)CC2)cc1. The van der Waals surface area contributed by atoms with Crippen LogP contribution in [0.25, 0.3) is 0 Å². The van der Waals surface area contributed by atoms with Crippen LogP contribution < -0.4 is 4.74 Å². The Morgan fingerprint density at radius 2 is 1.73 bits per heavy atom. The Morgan fingerprint density at radius 1 is 1.07 bits per heavy atom. The van der Waals surface area contributed by atoms with Crippen LogP contribution in [0, 0.1) is 5.92 Å². The smallest absolute Gasteiger partial charge is 0.243 e. The first kappa shape index (κ1) is 21.2. The van der Waals surface area contributed by atoms with Crippen LogP contribution in [0.2, 0.25) is 5.02 Å². The van der Waals surface area contributed by atoms with Gasteiger partial charge in [-0.2, -0.15) is 4.31 Å². The molecule has 0 bridgehead atoms. The molecule has 0 radical (unpaired) electrons. The maximum absolute atomic E-state index is 12.9. The van der Waals surface area contributed by atoms with E-state index in [1.807, 2.05) is 31.2 Å². The highest BCUT2D eigenvalue weighted by molar-refractivity contribution is 7.89. The molecule has 8 heteroatoms. The molecular formula is C22H25ClN2O4S. The third-order valence-corrected chi connectivity index (χ3v) is 7.99. The van der Waals surface area contributed by atoms with E-state index in [-0.39, 0.29) is 22.6 Å². The molecule has 1 saturated heterocycles. The summed E-state index contributed by atoms with van der Waals surface area (Å²) in [6, 6.07) is 14.1. The van der Waals surface area contributed by atoms with E-state index in [0.29, 0.717) is 43.6 Å². The number of rotatable bonds is 6. The Hall–Kier alpha value is -2.09. The van der Waals surface area contributed by atoms with Crippen LogP contribution in [-0.2, 0) is 14.8 Å². The normalized spacial score (nSPS) is 22.0. The summed E-state index contributed by atoms with van der Waals surface area (Å²) >= 11 is 6.26. The summed E-state index contributed by atoms with van der Waals surface area (Å²) in [5.41, 5.74) is 1.02. The van der Waals surface area contributed by atoms with Gasteiger partial charge in [0.2, 0.25) is 15.9 Å². The van der Waals surface area contributed by atoms with Crippen molar-refractivity contribution in [3.05, 3.63) is 59.1 Å². The van der Waals surface area contributed by atoms with Crippen LogP contribution in [0.5, 0.6) is 5.75 Å². The third-order valence-electron chi connectivity index (χ3n) is 5.74. The highest BCUT2D eigenvalue weighted by Gasteiger charge is 2.47. The van der Waals surface area contributed by atoms with Gasteiger partial charge < -0.3 is 9.64 Å². The molecule has 1 amide bonds. The summed E-state index contributed by atoms with van der Waals surface area (Å²) in [7, 11) is -3.58. The minimum Gasteiger partial charge on any atom is -0.494 e. The first-order valence-corrected chi connectivity index (χ1v) is 12.0. The number of amides is 1. The molecule has 4 rings (SSSR count). The van der Waals surface area contributed by atoms with E-state index in [4.69, 9.17) is 16.3 Å². The number of ether oxygens (including phenoxy) is 1. The van der Waals surface area contributed by atoms with Gasteiger partial charge in [0.25, 0.3) is 0 Å². The van der Waals surface area contributed by atoms with Crippen LogP contribution in [0.1, 0.15) is 24.8 Å². The molecule has 6 nitrogen and oxygen atoms in total. The van der Waals surface area contributed by atoms with E-state index >= 15 is 0 Å². The van der Waals surface area contributed by atoms with Crippen molar-refractivity contribution in [1.29, 1.82) is 0 Å². The second kappa shape index (κ2) is 8.57. The second-order valence-corrected chi connectivity index (χ2v) is 9.95. The number of piperazine rings is 1. The van der Waals surface area contributed by atoms with E-state index in [1.165, 1.54) is 4.31 Å². The lowest BCUT2D eigenvalue weighted by Gasteiger charge is -2.34. The maximum atomic E-state index is 12.9. The molecule has 2 aromatic carbocycles. The summed E-state index contributed by atoms with van der Waals surface area (Å²) in [5, 5.41) is 0.698. The molecule has 0 N–H and O–H groups in total. The number of hydrogen-bond donors (Lipinski definition) is 0. The summed E-state index contributed by atoms with van der Waals surface area (Å²) in [5.74, 6) is 0.846. The van der Waals surface area contributed by atoms with Gasteiger partial charge in [-0.15, -0.1) is 0 Å². The predicted octanol–water partition coefficient (Wildman–Crippen LogP) is 3.38. The molecule has 1 heterocycles. The molecular weight excluding hydrogens is 424 g/mol. The van der Waals surface area contributed by atoms with Gasteiger partial charge in [0.15, 0.2) is 0 Å². The van der Waals surface area contributed by atoms with Crippen LogP contribution in [-0.4, -0.2) is 56.3 Å². The summed E-state index contributed by atoms with van der Waals surface area (Å²) < 4.78 is 32.7.